The molecular weight excluding hydrogens is 246 g/mol. The van der Waals surface area contributed by atoms with Crippen LogP contribution in [0.15, 0.2) is 12.3 Å². The second-order valence-electron chi connectivity index (χ2n) is 4.99. The van der Waals surface area contributed by atoms with E-state index in [4.69, 9.17) is 16.9 Å². The third-order valence-electron chi connectivity index (χ3n) is 3.61. The van der Waals surface area contributed by atoms with Gasteiger partial charge in [0.15, 0.2) is 0 Å². The highest BCUT2D eigenvalue weighted by Gasteiger charge is 2.18. The Bertz CT molecular complexity index is 447. The summed E-state index contributed by atoms with van der Waals surface area (Å²) in [7, 11) is 2.00. The lowest BCUT2D eigenvalue weighted by Crippen LogP contribution is -2.27. The van der Waals surface area contributed by atoms with E-state index >= 15 is 0 Å². The first kappa shape index (κ1) is 13.2. The van der Waals surface area contributed by atoms with Gasteiger partial charge in [-0.05, 0) is 24.8 Å². The summed E-state index contributed by atoms with van der Waals surface area (Å²) in [6, 6.07) is 3.75. The normalized spacial score (nSPS) is 16.3. The summed E-state index contributed by atoms with van der Waals surface area (Å²) in [6.07, 6.45) is 8.26. The van der Waals surface area contributed by atoms with Crippen LogP contribution >= 0.6 is 11.6 Å². The highest BCUT2D eigenvalue weighted by molar-refractivity contribution is 6.34. The monoisotopic (exact) mass is 263 g/mol. The van der Waals surface area contributed by atoms with E-state index in [0.29, 0.717) is 10.6 Å². The number of halogens is 1. The molecule has 1 aliphatic carbocycles. The van der Waals surface area contributed by atoms with Gasteiger partial charge in [-0.2, -0.15) is 5.26 Å². The van der Waals surface area contributed by atoms with Crippen molar-refractivity contribution in [1.82, 2.24) is 4.98 Å². The lowest BCUT2D eigenvalue weighted by molar-refractivity contribution is 0.361. The standard InChI is InChI=1S/C14H18ClN3/c1-18(10-11-5-3-2-4-6-11)14-13(15)12(9-16)7-8-17-14/h7-8,11H,2-6,10H2,1H3. The number of rotatable bonds is 3. The Kier molecular flexibility index (Phi) is 4.43. The topological polar surface area (TPSA) is 39.9 Å². The van der Waals surface area contributed by atoms with E-state index in [-0.39, 0.29) is 0 Å². The van der Waals surface area contributed by atoms with Crippen LogP contribution in [-0.2, 0) is 0 Å². The number of nitrogens with zero attached hydrogens (tertiary/aromatic N) is 3. The minimum absolute atomic E-state index is 0.471. The van der Waals surface area contributed by atoms with Crippen molar-refractivity contribution in [1.29, 1.82) is 5.26 Å². The molecule has 2 rings (SSSR count). The summed E-state index contributed by atoms with van der Waals surface area (Å²) in [5.74, 6) is 1.45. The zero-order valence-electron chi connectivity index (χ0n) is 10.7. The molecule has 0 N–H and O–H groups in total. The van der Waals surface area contributed by atoms with Crippen molar-refractivity contribution in [3.8, 4) is 6.07 Å². The fourth-order valence-corrected chi connectivity index (χ4v) is 2.93. The van der Waals surface area contributed by atoms with Crippen molar-refractivity contribution < 1.29 is 0 Å². The molecule has 4 heteroatoms. The minimum atomic E-state index is 0.471. The number of pyridine rings is 1. The molecule has 0 bridgehead atoms. The van der Waals surface area contributed by atoms with Gasteiger partial charge in [-0.3, -0.25) is 0 Å². The van der Waals surface area contributed by atoms with Gasteiger partial charge in [0, 0.05) is 19.8 Å². The zero-order chi connectivity index (χ0) is 13.0. The van der Waals surface area contributed by atoms with Gasteiger partial charge in [-0.25, -0.2) is 4.98 Å². The summed E-state index contributed by atoms with van der Waals surface area (Å²) >= 11 is 6.19. The Morgan fingerprint density at radius 1 is 1.44 bits per heavy atom. The van der Waals surface area contributed by atoms with Gasteiger partial charge >= 0.3 is 0 Å². The largest absolute Gasteiger partial charge is 0.358 e. The van der Waals surface area contributed by atoms with Gasteiger partial charge in [-0.15, -0.1) is 0 Å². The minimum Gasteiger partial charge on any atom is -0.358 e. The number of anilines is 1. The fourth-order valence-electron chi connectivity index (χ4n) is 2.63. The van der Waals surface area contributed by atoms with Gasteiger partial charge in [-0.1, -0.05) is 30.9 Å². The van der Waals surface area contributed by atoms with Crippen LogP contribution in [0.25, 0.3) is 0 Å². The van der Waals surface area contributed by atoms with E-state index in [2.05, 4.69) is 16.0 Å². The lowest BCUT2D eigenvalue weighted by atomic mass is 9.89. The maximum absolute atomic E-state index is 8.97. The Balaban J connectivity index is 2.08. The molecule has 1 fully saturated rings. The van der Waals surface area contributed by atoms with Crippen LogP contribution < -0.4 is 4.90 Å². The van der Waals surface area contributed by atoms with Gasteiger partial charge < -0.3 is 4.90 Å². The molecule has 0 aromatic carbocycles. The molecule has 0 saturated heterocycles. The van der Waals surface area contributed by atoms with Crippen LogP contribution in [0.4, 0.5) is 5.82 Å². The van der Waals surface area contributed by atoms with E-state index in [0.717, 1.165) is 18.3 Å². The van der Waals surface area contributed by atoms with Gasteiger partial charge in [0.25, 0.3) is 0 Å². The molecule has 0 aliphatic heterocycles. The molecular formula is C14H18ClN3. The van der Waals surface area contributed by atoms with Crippen molar-refractivity contribution in [2.45, 2.75) is 32.1 Å². The van der Waals surface area contributed by atoms with Crippen molar-refractivity contribution in [2.24, 2.45) is 5.92 Å². The first-order valence-electron chi connectivity index (χ1n) is 6.48. The molecule has 0 atom stereocenters. The molecule has 1 heterocycles. The van der Waals surface area contributed by atoms with E-state index in [1.807, 2.05) is 7.05 Å². The zero-order valence-corrected chi connectivity index (χ0v) is 11.5. The fraction of sp³-hybridized carbons (Fsp3) is 0.571. The molecule has 1 aromatic rings. The molecule has 1 saturated carbocycles. The second-order valence-corrected chi connectivity index (χ2v) is 5.37. The number of hydrogen-bond donors (Lipinski definition) is 0. The van der Waals surface area contributed by atoms with Crippen LogP contribution in [0, 0.1) is 17.2 Å². The molecule has 96 valence electrons. The van der Waals surface area contributed by atoms with E-state index in [9.17, 15) is 0 Å². The average Bonchev–Trinajstić information content (AvgIpc) is 2.40. The first-order valence-corrected chi connectivity index (χ1v) is 6.86. The Labute approximate surface area is 113 Å². The van der Waals surface area contributed by atoms with Crippen molar-refractivity contribution in [3.63, 3.8) is 0 Å². The van der Waals surface area contributed by atoms with Crippen LogP contribution in [0.2, 0.25) is 5.02 Å². The Hall–Kier alpha value is -1.27. The molecule has 1 aromatic heterocycles. The summed E-state index contributed by atoms with van der Waals surface area (Å²) in [6.45, 7) is 0.974. The molecule has 3 nitrogen and oxygen atoms in total. The summed E-state index contributed by atoms with van der Waals surface area (Å²) in [5, 5.41) is 9.44. The molecule has 18 heavy (non-hydrogen) atoms. The van der Waals surface area contributed by atoms with Crippen LogP contribution in [0.5, 0.6) is 0 Å². The molecule has 0 unspecified atom stereocenters. The SMILES string of the molecule is CN(CC1CCCCC1)c1nccc(C#N)c1Cl. The molecule has 0 amide bonds. The highest BCUT2D eigenvalue weighted by atomic mass is 35.5. The Morgan fingerprint density at radius 2 is 2.17 bits per heavy atom. The third kappa shape index (κ3) is 2.94. The van der Waals surface area contributed by atoms with E-state index in [1.165, 1.54) is 32.1 Å². The van der Waals surface area contributed by atoms with Crippen LogP contribution in [-0.4, -0.2) is 18.6 Å². The average molecular weight is 264 g/mol. The Morgan fingerprint density at radius 3 is 2.83 bits per heavy atom. The van der Waals surface area contributed by atoms with Crippen molar-refractivity contribution >= 4 is 17.4 Å². The predicted octanol–water partition coefficient (Wildman–Crippen LogP) is 3.62. The summed E-state index contributed by atoms with van der Waals surface area (Å²) in [5.41, 5.74) is 0.497. The van der Waals surface area contributed by atoms with Gasteiger partial charge in [0.1, 0.15) is 16.9 Å². The van der Waals surface area contributed by atoms with Gasteiger partial charge in [0.05, 0.1) is 5.56 Å². The number of hydrogen-bond acceptors (Lipinski definition) is 3. The summed E-state index contributed by atoms with van der Waals surface area (Å²) < 4.78 is 0. The number of nitriles is 1. The number of aromatic nitrogens is 1. The second kappa shape index (κ2) is 6.06. The third-order valence-corrected chi connectivity index (χ3v) is 3.98. The predicted molar refractivity (Wildman–Crippen MR) is 73.8 cm³/mol. The maximum atomic E-state index is 8.97. The van der Waals surface area contributed by atoms with E-state index < -0.39 is 0 Å². The molecule has 0 spiro atoms. The first-order chi connectivity index (χ1) is 8.72. The van der Waals surface area contributed by atoms with Crippen LogP contribution in [0.1, 0.15) is 37.7 Å². The molecule has 1 aliphatic rings. The van der Waals surface area contributed by atoms with Crippen molar-refractivity contribution in [2.75, 3.05) is 18.5 Å². The van der Waals surface area contributed by atoms with Crippen molar-refractivity contribution in [3.05, 3.63) is 22.8 Å². The quantitative estimate of drug-likeness (QED) is 0.836. The maximum Gasteiger partial charge on any atom is 0.148 e. The summed E-state index contributed by atoms with van der Waals surface area (Å²) in [4.78, 5) is 6.38. The van der Waals surface area contributed by atoms with E-state index in [1.54, 1.807) is 12.3 Å². The smallest absolute Gasteiger partial charge is 0.148 e. The highest BCUT2D eigenvalue weighted by Crippen LogP contribution is 2.29. The van der Waals surface area contributed by atoms with Crippen LogP contribution in [0.3, 0.4) is 0 Å². The van der Waals surface area contributed by atoms with Gasteiger partial charge in [0.2, 0.25) is 0 Å². The lowest BCUT2D eigenvalue weighted by Gasteiger charge is -2.28. The molecule has 0 radical (unpaired) electrons.